The van der Waals surface area contributed by atoms with Gasteiger partial charge in [0.1, 0.15) is 11.6 Å². The second kappa shape index (κ2) is 6.22. The van der Waals surface area contributed by atoms with Gasteiger partial charge in [-0.1, -0.05) is 18.6 Å². The summed E-state index contributed by atoms with van der Waals surface area (Å²) >= 11 is 0. The number of hydrogen-bond acceptors (Lipinski definition) is 4. The average molecular weight is 365 g/mol. The maximum absolute atomic E-state index is 13.1. The van der Waals surface area contributed by atoms with E-state index < -0.39 is 12.0 Å². The Labute approximate surface area is 146 Å². The highest BCUT2D eigenvalue weighted by molar-refractivity contribution is 5.45. The number of nitrogens with zero attached hydrogens (tertiary/aromatic N) is 4. The smallest absolute Gasteiger partial charge is 0.365 e. The van der Waals surface area contributed by atoms with E-state index in [9.17, 15) is 17.6 Å². The molecule has 0 bridgehead atoms. The first-order chi connectivity index (χ1) is 12.4. The van der Waals surface area contributed by atoms with Crippen LogP contribution in [0.25, 0.3) is 5.65 Å². The number of nitrogens with one attached hydrogen (secondary N) is 1. The highest BCUT2D eigenvalue weighted by atomic mass is 19.4. The van der Waals surface area contributed by atoms with E-state index in [1.807, 2.05) is 0 Å². The molecular weight excluding hydrogens is 350 g/mol. The molecule has 0 radical (unpaired) electrons. The summed E-state index contributed by atoms with van der Waals surface area (Å²) in [7, 11) is 0. The van der Waals surface area contributed by atoms with Gasteiger partial charge in [-0.3, -0.25) is 0 Å². The minimum Gasteiger partial charge on any atom is -0.365 e. The maximum Gasteiger partial charge on any atom is 0.453 e. The van der Waals surface area contributed by atoms with Gasteiger partial charge < -0.3 is 5.32 Å². The van der Waals surface area contributed by atoms with Crippen LogP contribution in [0.4, 0.5) is 23.4 Å². The zero-order valence-corrected chi connectivity index (χ0v) is 13.5. The normalized spacial score (nSPS) is 20.6. The Hall–Kier alpha value is -2.71. The van der Waals surface area contributed by atoms with Crippen molar-refractivity contribution in [2.75, 3.05) is 5.32 Å². The van der Waals surface area contributed by atoms with Crippen LogP contribution in [0.3, 0.4) is 0 Å². The van der Waals surface area contributed by atoms with E-state index in [-0.39, 0.29) is 23.4 Å². The fraction of sp³-hybridized carbons (Fsp3) is 0.353. The third-order valence-corrected chi connectivity index (χ3v) is 4.66. The van der Waals surface area contributed by atoms with Crippen molar-refractivity contribution in [3.8, 4) is 0 Å². The monoisotopic (exact) mass is 365 g/mol. The maximum atomic E-state index is 13.1. The van der Waals surface area contributed by atoms with Crippen LogP contribution in [0.5, 0.6) is 0 Å². The van der Waals surface area contributed by atoms with E-state index in [2.05, 4.69) is 20.6 Å². The molecule has 26 heavy (non-hydrogen) atoms. The molecule has 1 aromatic carbocycles. The third-order valence-electron chi connectivity index (χ3n) is 4.66. The Bertz CT molecular complexity index is 919. The summed E-state index contributed by atoms with van der Waals surface area (Å²) in [6, 6.07) is 9.38. The third kappa shape index (κ3) is 3.09. The molecular formula is C17H15F4N5. The lowest BCUT2D eigenvalue weighted by Gasteiger charge is -2.22. The van der Waals surface area contributed by atoms with Gasteiger partial charge in [-0.2, -0.15) is 17.7 Å². The number of anilines is 1. The van der Waals surface area contributed by atoms with Crippen LogP contribution in [0.1, 0.15) is 36.6 Å². The number of hydrogen-bond donors (Lipinski definition) is 1. The van der Waals surface area contributed by atoms with Crippen LogP contribution in [0, 0.1) is 5.82 Å². The highest BCUT2D eigenvalue weighted by Crippen LogP contribution is 2.36. The molecule has 2 aromatic heterocycles. The molecule has 2 atom stereocenters. The summed E-state index contributed by atoms with van der Waals surface area (Å²) in [6.45, 7) is 0. The minimum atomic E-state index is -4.63. The molecule has 1 N–H and O–H groups in total. The van der Waals surface area contributed by atoms with Gasteiger partial charge in [0.05, 0.1) is 0 Å². The second-order valence-corrected chi connectivity index (χ2v) is 6.35. The summed E-state index contributed by atoms with van der Waals surface area (Å²) in [5.74, 6) is -0.980. The Kier molecular flexibility index (Phi) is 4.01. The first-order valence-corrected chi connectivity index (χ1v) is 8.23. The first kappa shape index (κ1) is 16.7. The molecule has 4 rings (SSSR count). The molecule has 0 saturated heterocycles. The average Bonchev–Trinajstić information content (AvgIpc) is 3.21. The molecule has 9 heteroatoms. The fourth-order valence-electron chi connectivity index (χ4n) is 3.47. The Morgan fingerprint density at radius 2 is 1.77 bits per heavy atom. The number of halogens is 4. The predicted octanol–water partition coefficient (Wildman–Crippen LogP) is 4.03. The van der Waals surface area contributed by atoms with Crippen LogP contribution in [0.15, 0.2) is 36.4 Å². The van der Waals surface area contributed by atoms with Gasteiger partial charge in [0.15, 0.2) is 5.65 Å². The number of benzene rings is 1. The van der Waals surface area contributed by atoms with E-state index in [0.29, 0.717) is 10.3 Å². The lowest BCUT2D eigenvalue weighted by molar-refractivity contribution is -0.146. The number of fused-ring (bicyclic) bond motifs is 1. The van der Waals surface area contributed by atoms with E-state index in [4.69, 9.17) is 0 Å². The molecule has 3 aromatic rings. The van der Waals surface area contributed by atoms with Crippen LogP contribution >= 0.6 is 0 Å². The molecule has 0 aliphatic heterocycles. The number of rotatable bonds is 3. The summed E-state index contributed by atoms with van der Waals surface area (Å²) in [5.41, 5.74) is 1.03. The fourth-order valence-corrected chi connectivity index (χ4v) is 3.47. The predicted molar refractivity (Wildman–Crippen MR) is 86.2 cm³/mol. The lowest BCUT2D eigenvalue weighted by atomic mass is 9.94. The van der Waals surface area contributed by atoms with Gasteiger partial charge in [0.25, 0.3) is 5.82 Å². The molecule has 1 saturated carbocycles. The molecule has 0 spiro atoms. The summed E-state index contributed by atoms with van der Waals surface area (Å²) in [5, 5.41) is 13.9. The van der Waals surface area contributed by atoms with Crippen molar-refractivity contribution < 1.29 is 17.6 Å². The van der Waals surface area contributed by atoms with E-state index in [1.54, 1.807) is 18.2 Å². The van der Waals surface area contributed by atoms with Crippen molar-refractivity contribution in [2.45, 2.75) is 37.4 Å². The standard InChI is InChI=1S/C17H15F4N5/c18-11-6-4-10(5-7-11)12-2-1-3-13(12)22-14-8-9-15-23-24-16(17(19,20)21)26(15)25-14/h4-9,12-13H,1-3H2,(H,22,25). The SMILES string of the molecule is Fc1ccc(C2CCCC2Nc2ccc3nnc(C(F)(F)F)n3n2)cc1. The van der Waals surface area contributed by atoms with Gasteiger partial charge >= 0.3 is 6.18 Å². The molecule has 1 aliphatic rings. The van der Waals surface area contributed by atoms with Gasteiger partial charge in [-0.05, 0) is 42.7 Å². The second-order valence-electron chi connectivity index (χ2n) is 6.35. The van der Waals surface area contributed by atoms with Crippen LogP contribution in [-0.2, 0) is 6.18 Å². The molecule has 2 heterocycles. The molecule has 2 unspecified atom stereocenters. The van der Waals surface area contributed by atoms with Gasteiger partial charge in [-0.15, -0.1) is 15.3 Å². The van der Waals surface area contributed by atoms with Gasteiger partial charge in [0, 0.05) is 12.0 Å². The number of aromatic nitrogens is 4. The van der Waals surface area contributed by atoms with Crippen LogP contribution in [0.2, 0.25) is 0 Å². The van der Waals surface area contributed by atoms with E-state index in [0.717, 1.165) is 24.8 Å². The Balaban J connectivity index is 1.61. The van der Waals surface area contributed by atoms with Crippen molar-refractivity contribution in [1.29, 1.82) is 0 Å². The van der Waals surface area contributed by atoms with Crippen molar-refractivity contribution in [3.05, 3.63) is 53.6 Å². The number of alkyl halides is 3. The van der Waals surface area contributed by atoms with E-state index in [1.165, 1.54) is 18.2 Å². The van der Waals surface area contributed by atoms with Crippen molar-refractivity contribution >= 4 is 11.5 Å². The van der Waals surface area contributed by atoms with Gasteiger partial charge in [-0.25, -0.2) is 4.39 Å². The Morgan fingerprint density at radius 1 is 1.00 bits per heavy atom. The van der Waals surface area contributed by atoms with Crippen LogP contribution < -0.4 is 5.32 Å². The quantitative estimate of drug-likeness (QED) is 0.712. The first-order valence-electron chi connectivity index (χ1n) is 8.23. The van der Waals surface area contributed by atoms with Crippen LogP contribution in [-0.4, -0.2) is 25.9 Å². The van der Waals surface area contributed by atoms with E-state index >= 15 is 0 Å². The zero-order valence-electron chi connectivity index (χ0n) is 13.5. The molecule has 1 aliphatic carbocycles. The largest absolute Gasteiger partial charge is 0.453 e. The Morgan fingerprint density at radius 3 is 2.50 bits per heavy atom. The van der Waals surface area contributed by atoms with Crippen molar-refractivity contribution in [3.63, 3.8) is 0 Å². The molecule has 5 nitrogen and oxygen atoms in total. The molecule has 1 fully saturated rings. The highest BCUT2D eigenvalue weighted by Gasteiger charge is 2.38. The molecule has 0 amide bonds. The topological polar surface area (TPSA) is 55.1 Å². The summed E-state index contributed by atoms with van der Waals surface area (Å²) in [4.78, 5) is 0. The summed E-state index contributed by atoms with van der Waals surface area (Å²) in [6.07, 6.45) is -1.88. The molecule has 136 valence electrons. The van der Waals surface area contributed by atoms with Gasteiger partial charge in [0.2, 0.25) is 0 Å². The summed E-state index contributed by atoms with van der Waals surface area (Å²) < 4.78 is 52.8. The lowest BCUT2D eigenvalue weighted by Crippen LogP contribution is -2.24. The zero-order chi connectivity index (χ0) is 18.3. The van der Waals surface area contributed by atoms with Crippen molar-refractivity contribution in [2.24, 2.45) is 0 Å². The minimum absolute atomic E-state index is 0.0104. The van der Waals surface area contributed by atoms with Crippen molar-refractivity contribution in [1.82, 2.24) is 19.8 Å².